The predicted octanol–water partition coefficient (Wildman–Crippen LogP) is 3.82. The van der Waals surface area contributed by atoms with Crippen molar-refractivity contribution in [2.45, 2.75) is 57.3 Å². The lowest BCUT2D eigenvalue weighted by Crippen LogP contribution is -2.27. The second kappa shape index (κ2) is 6.00. The van der Waals surface area contributed by atoms with E-state index in [9.17, 15) is 0 Å². The van der Waals surface area contributed by atoms with Crippen LogP contribution in [0.25, 0.3) is 0 Å². The molecule has 0 amide bonds. The average Bonchev–Trinajstić information content (AvgIpc) is 3.37. The molecule has 21 heavy (non-hydrogen) atoms. The second-order valence-electron chi connectivity index (χ2n) is 7.11. The van der Waals surface area contributed by atoms with Gasteiger partial charge >= 0.3 is 0 Å². The molecule has 1 aromatic carbocycles. The van der Waals surface area contributed by atoms with Gasteiger partial charge in [-0.1, -0.05) is 12.1 Å². The highest BCUT2D eigenvalue weighted by molar-refractivity contribution is 5.49. The van der Waals surface area contributed by atoms with Gasteiger partial charge in [-0.05, 0) is 93.0 Å². The van der Waals surface area contributed by atoms with Crippen molar-refractivity contribution < 1.29 is 4.74 Å². The summed E-state index contributed by atoms with van der Waals surface area (Å²) < 4.78 is 6.39. The van der Waals surface area contributed by atoms with E-state index >= 15 is 0 Å². The van der Waals surface area contributed by atoms with E-state index in [4.69, 9.17) is 4.74 Å². The van der Waals surface area contributed by atoms with Gasteiger partial charge in [0.2, 0.25) is 0 Å². The van der Waals surface area contributed by atoms with Crippen LogP contribution in [0.15, 0.2) is 12.1 Å². The molecule has 0 radical (unpaired) electrons. The summed E-state index contributed by atoms with van der Waals surface area (Å²) in [6.45, 7) is 3.27. The number of fused-ring (bicyclic) bond motifs is 1. The van der Waals surface area contributed by atoms with Crippen LogP contribution in [-0.2, 0) is 12.8 Å². The quantitative estimate of drug-likeness (QED) is 0.908. The zero-order chi connectivity index (χ0) is 14.1. The van der Waals surface area contributed by atoms with Gasteiger partial charge in [0.25, 0.3) is 0 Å². The van der Waals surface area contributed by atoms with Crippen molar-refractivity contribution in [1.29, 1.82) is 0 Å². The molecule has 0 spiro atoms. The number of nitrogens with one attached hydrogen (secondary N) is 1. The summed E-state index contributed by atoms with van der Waals surface area (Å²) in [6.07, 6.45) is 10.4. The molecule has 114 valence electrons. The first-order chi connectivity index (χ1) is 10.4. The fraction of sp³-hybridized carbons (Fsp3) is 0.684. The zero-order valence-electron chi connectivity index (χ0n) is 13.0. The summed E-state index contributed by atoms with van der Waals surface area (Å²) in [7, 11) is 0. The van der Waals surface area contributed by atoms with Crippen LogP contribution in [-0.4, -0.2) is 19.7 Å². The van der Waals surface area contributed by atoms with Crippen LogP contribution >= 0.6 is 0 Å². The van der Waals surface area contributed by atoms with Crippen molar-refractivity contribution in [3.05, 3.63) is 28.8 Å². The molecule has 1 saturated heterocycles. The zero-order valence-corrected chi connectivity index (χ0v) is 13.0. The fourth-order valence-electron chi connectivity index (χ4n) is 3.92. The maximum atomic E-state index is 6.39. The third kappa shape index (κ3) is 2.96. The van der Waals surface area contributed by atoms with Gasteiger partial charge in [0.1, 0.15) is 5.75 Å². The SMILES string of the molecule is c1cc(C2CCNCC2)c(OCC2CC2)c2c1CCCC2. The van der Waals surface area contributed by atoms with Crippen molar-refractivity contribution >= 4 is 0 Å². The Balaban J connectivity index is 1.65. The number of aryl methyl sites for hydroxylation is 1. The topological polar surface area (TPSA) is 21.3 Å². The monoisotopic (exact) mass is 285 g/mol. The number of rotatable bonds is 4. The van der Waals surface area contributed by atoms with Gasteiger partial charge in [0, 0.05) is 0 Å². The van der Waals surface area contributed by atoms with Crippen molar-refractivity contribution in [2.75, 3.05) is 19.7 Å². The van der Waals surface area contributed by atoms with E-state index < -0.39 is 0 Å². The summed E-state index contributed by atoms with van der Waals surface area (Å²) in [5, 5.41) is 3.49. The first-order valence-electron chi connectivity index (χ1n) is 8.90. The largest absolute Gasteiger partial charge is 0.493 e. The van der Waals surface area contributed by atoms with Crippen LogP contribution in [0.2, 0.25) is 0 Å². The van der Waals surface area contributed by atoms with Crippen LogP contribution < -0.4 is 10.1 Å². The van der Waals surface area contributed by atoms with Crippen LogP contribution in [0, 0.1) is 5.92 Å². The van der Waals surface area contributed by atoms with Gasteiger partial charge in [-0.15, -0.1) is 0 Å². The minimum atomic E-state index is 0.702. The molecule has 1 saturated carbocycles. The van der Waals surface area contributed by atoms with E-state index in [1.807, 2.05) is 0 Å². The summed E-state index contributed by atoms with van der Waals surface area (Å²) in [6, 6.07) is 4.79. The van der Waals surface area contributed by atoms with Crippen LogP contribution in [0.3, 0.4) is 0 Å². The second-order valence-corrected chi connectivity index (χ2v) is 7.11. The van der Waals surface area contributed by atoms with Crippen molar-refractivity contribution in [2.24, 2.45) is 5.92 Å². The minimum absolute atomic E-state index is 0.702. The molecule has 3 aliphatic rings. The lowest BCUT2D eigenvalue weighted by Gasteiger charge is -2.28. The highest BCUT2D eigenvalue weighted by Gasteiger charge is 2.27. The van der Waals surface area contributed by atoms with E-state index in [-0.39, 0.29) is 0 Å². The maximum absolute atomic E-state index is 6.39. The molecule has 2 heteroatoms. The van der Waals surface area contributed by atoms with Crippen LogP contribution in [0.5, 0.6) is 5.75 Å². The average molecular weight is 285 g/mol. The Labute approximate surface area is 128 Å². The Morgan fingerprint density at radius 3 is 2.62 bits per heavy atom. The first kappa shape index (κ1) is 13.6. The fourth-order valence-corrected chi connectivity index (χ4v) is 3.92. The molecular formula is C19H27NO. The van der Waals surface area contributed by atoms with Gasteiger partial charge in [-0.2, -0.15) is 0 Å². The maximum Gasteiger partial charge on any atom is 0.126 e. The molecule has 4 rings (SSSR count). The van der Waals surface area contributed by atoms with Gasteiger partial charge in [0.15, 0.2) is 0 Å². The van der Waals surface area contributed by atoms with Crippen molar-refractivity contribution in [1.82, 2.24) is 5.32 Å². The van der Waals surface area contributed by atoms with Gasteiger partial charge in [-0.3, -0.25) is 0 Å². The molecule has 0 bridgehead atoms. The Morgan fingerprint density at radius 2 is 1.81 bits per heavy atom. The number of ether oxygens (including phenoxy) is 1. The Bertz CT molecular complexity index is 501. The molecule has 1 N–H and O–H groups in total. The molecule has 1 aliphatic heterocycles. The third-order valence-corrected chi connectivity index (χ3v) is 5.45. The predicted molar refractivity (Wildman–Crippen MR) is 86.1 cm³/mol. The Hall–Kier alpha value is -1.02. The van der Waals surface area contributed by atoms with Gasteiger partial charge in [-0.25, -0.2) is 0 Å². The smallest absolute Gasteiger partial charge is 0.126 e. The Kier molecular flexibility index (Phi) is 3.89. The number of piperidine rings is 1. The molecule has 1 heterocycles. The number of benzene rings is 1. The highest BCUT2D eigenvalue weighted by Crippen LogP contribution is 2.40. The summed E-state index contributed by atoms with van der Waals surface area (Å²) in [5.41, 5.74) is 4.63. The van der Waals surface area contributed by atoms with E-state index in [0.29, 0.717) is 5.92 Å². The minimum Gasteiger partial charge on any atom is -0.493 e. The molecule has 2 nitrogen and oxygen atoms in total. The summed E-state index contributed by atoms with van der Waals surface area (Å²) >= 11 is 0. The number of hydrogen-bond acceptors (Lipinski definition) is 2. The van der Waals surface area contributed by atoms with Crippen LogP contribution in [0.4, 0.5) is 0 Å². The van der Waals surface area contributed by atoms with Gasteiger partial charge < -0.3 is 10.1 Å². The highest BCUT2D eigenvalue weighted by atomic mass is 16.5. The molecule has 0 aromatic heterocycles. The molecule has 0 atom stereocenters. The Morgan fingerprint density at radius 1 is 1.00 bits per heavy atom. The summed E-state index contributed by atoms with van der Waals surface area (Å²) in [5.74, 6) is 2.84. The lowest BCUT2D eigenvalue weighted by molar-refractivity contribution is 0.288. The van der Waals surface area contributed by atoms with E-state index in [2.05, 4.69) is 17.4 Å². The molecule has 2 fully saturated rings. The molecule has 2 aliphatic carbocycles. The van der Waals surface area contributed by atoms with E-state index in [0.717, 1.165) is 25.6 Å². The van der Waals surface area contributed by atoms with Gasteiger partial charge in [0.05, 0.1) is 6.61 Å². The van der Waals surface area contributed by atoms with E-state index in [1.165, 1.54) is 62.7 Å². The summed E-state index contributed by atoms with van der Waals surface area (Å²) in [4.78, 5) is 0. The molecular weight excluding hydrogens is 258 g/mol. The normalized spacial score (nSPS) is 22.9. The molecule has 1 aromatic rings. The third-order valence-electron chi connectivity index (χ3n) is 5.45. The van der Waals surface area contributed by atoms with E-state index in [1.54, 1.807) is 11.1 Å². The number of hydrogen-bond donors (Lipinski definition) is 1. The lowest BCUT2D eigenvalue weighted by atomic mass is 9.83. The standard InChI is InChI=1S/C19H27NO/c1-2-4-17-15(3-1)7-8-18(16-9-11-20-12-10-16)19(17)21-13-14-5-6-14/h7-8,14,16,20H,1-6,9-13H2. The molecule has 0 unspecified atom stereocenters. The first-order valence-corrected chi connectivity index (χ1v) is 8.90. The van der Waals surface area contributed by atoms with Crippen molar-refractivity contribution in [3.8, 4) is 5.75 Å². The van der Waals surface area contributed by atoms with Crippen LogP contribution in [0.1, 0.15) is 61.1 Å². The van der Waals surface area contributed by atoms with Crippen molar-refractivity contribution in [3.63, 3.8) is 0 Å².